The molecule has 0 aromatic heterocycles. The lowest BCUT2D eigenvalue weighted by Crippen LogP contribution is -2.20. The third-order valence-electron chi connectivity index (χ3n) is 6.67. The van der Waals surface area contributed by atoms with E-state index in [4.69, 9.17) is 0 Å². The molecule has 6 heteroatoms. The maximum Gasteiger partial charge on any atom is 0.196 e. The first kappa shape index (κ1) is 24.8. The van der Waals surface area contributed by atoms with Crippen molar-refractivity contribution in [3.63, 3.8) is 0 Å². The normalized spacial score (nSPS) is 12.2. The van der Waals surface area contributed by atoms with Gasteiger partial charge in [0.05, 0.1) is 17.5 Å². The number of hydrogen-bond donors (Lipinski definition) is 0. The number of azo groups is 1. The van der Waals surface area contributed by atoms with Crippen LogP contribution in [0.5, 0.6) is 0 Å². The molecule has 0 aliphatic heterocycles. The summed E-state index contributed by atoms with van der Waals surface area (Å²) in [6.07, 6.45) is 1.71. The van der Waals surface area contributed by atoms with Crippen LogP contribution in [0.15, 0.2) is 107 Å². The first-order valence-electron chi connectivity index (χ1n) is 12.3. The minimum Gasteiger partial charge on any atom is -0.378 e. The zero-order valence-corrected chi connectivity index (χ0v) is 21.8. The van der Waals surface area contributed by atoms with Gasteiger partial charge in [0.2, 0.25) is 0 Å². The molecule has 188 valence electrons. The SMILES string of the molecule is CN(C)c1ccc(C(=CN=Nc2cccc3c2C(=O)c2ccccc2C3=O)c2ccc(N(C)C)cc2)cc1. The Morgan fingerprint density at radius 3 is 1.63 bits per heavy atom. The molecule has 6 nitrogen and oxygen atoms in total. The molecule has 0 radical (unpaired) electrons. The van der Waals surface area contributed by atoms with Gasteiger partial charge in [-0.3, -0.25) is 9.59 Å². The average Bonchev–Trinajstić information content (AvgIpc) is 2.94. The fourth-order valence-corrected chi connectivity index (χ4v) is 4.55. The summed E-state index contributed by atoms with van der Waals surface area (Å²) < 4.78 is 0. The van der Waals surface area contributed by atoms with Crippen molar-refractivity contribution in [2.45, 2.75) is 0 Å². The average molecular weight is 501 g/mol. The molecule has 0 saturated heterocycles. The highest BCUT2D eigenvalue weighted by atomic mass is 16.1. The molecule has 0 atom stereocenters. The zero-order chi connectivity index (χ0) is 26.8. The topological polar surface area (TPSA) is 65.3 Å². The molecule has 0 N–H and O–H groups in total. The fraction of sp³-hybridized carbons (Fsp3) is 0.125. The number of nitrogens with zero attached hydrogens (tertiary/aromatic N) is 4. The van der Waals surface area contributed by atoms with Gasteiger partial charge in [0.1, 0.15) is 0 Å². The third kappa shape index (κ3) is 4.64. The molecule has 1 aliphatic carbocycles. The largest absolute Gasteiger partial charge is 0.378 e. The van der Waals surface area contributed by atoms with Crippen LogP contribution < -0.4 is 9.80 Å². The van der Waals surface area contributed by atoms with Crippen LogP contribution in [0.4, 0.5) is 17.1 Å². The van der Waals surface area contributed by atoms with Crippen molar-refractivity contribution in [2.75, 3.05) is 38.0 Å². The Hall–Kier alpha value is -4.84. The molecular weight excluding hydrogens is 472 g/mol. The van der Waals surface area contributed by atoms with Crippen molar-refractivity contribution in [1.29, 1.82) is 0 Å². The lowest BCUT2D eigenvalue weighted by Gasteiger charge is -2.18. The maximum absolute atomic E-state index is 13.3. The van der Waals surface area contributed by atoms with Crippen LogP contribution in [0.25, 0.3) is 5.57 Å². The lowest BCUT2D eigenvalue weighted by molar-refractivity contribution is 0.0979. The van der Waals surface area contributed by atoms with Crippen molar-refractivity contribution in [1.82, 2.24) is 0 Å². The van der Waals surface area contributed by atoms with E-state index in [2.05, 4.69) is 58.8 Å². The van der Waals surface area contributed by atoms with Crippen molar-refractivity contribution < 1.29 is 9.59 Å². The second-order valence-corrected chi connectivity index (χ2v) is 9.54. The molecular formula is C32H28N4O2. The summed E-state index contributed by atoms with van der Waals surface area (Å²) in [5.41, 5.74) is 6.89. The van der Waals surface area contributed by atoms with Crippen LogP contribution in [0.2, 0.25) is 0 Å². The van der Waals surface area contributed by atoms with E-state index in [1.165, 1.54) is 0 Å². The zero-order valence-electron chi connectivity index (χ0n) is 21.8. The number of benzene rings is 4. The molecule has 5 rings (SSSR count). The Bertz CT molecular complexity index is 1530. The number of ketones is 2. The molecule has 0 heterocycles. The molecule has 4 aromatic rings. The number of fused-ring (bicyclic) bond motifs is 2. The van der Waals surface area contributed by atoms with E-state index in [0.717, 1.165) is 28.1 Å². The summed E-state index contributed by atoms with van der Waals surface area (Å²) >= 11 is 0. The Labute approximate surface area is 222 Å². The van der Waals surface area contributed by atoms with Crippen molar-refractivity contribution >= 4 is 34.2 Å². The summed E-state index contributed by atoms with van der Waals surface area (Å²) in [6, 6.07) is 28.5. The number of hydrogen-bond acceptors (Lipinski definition) is 6. The van der Waals surface area contributed by atoms with E-state index < -0.39 is 0 Å². The van der Waals surface area contributed by atoms with Gasteiger partial charge in [-0.05, 0) is 41.5 Å². The number of carbonyl (C=O) groups is 2. The number of anilines is 2. The van der Waals surface area contributed by atoms with Gasteiger partial charge in [0.15, 0.2) is 11.6 Å². The summed E-state index contributed by atoms with van der Waals surface area (Å²) in [5, 5.41) is 8.83. The first-order valence-corrected chi connectivity index (χ1v) is 12.3. The quantitative estimate of drug-likeness (QED) is 0.241. The van der Waals surface area contributed by atoms with E-state index in [1.807, 2.05) is 38.0 Å². The highest BCUT2D eigenvalue weighted by Gasteiger charge is 2.31. The molecule has 0 fully saturated rings. The molecule has 1 aliphatic rings. The predicted molar refractivity (Wildman–Crippen MR) is 153 cm³/mol. The standard InChI is InChI=1S/C32H28N4O2/c1-35(2)23-16-12-21(13-17-23)28(22-14-18-24(19-15-22)36(3)4)20-33-34-29-11-7-10-27-30(29)32(38)26-9-6-5-8-25(26)31(27)37/h5-20H,1-4H3. The van der Waals surface area contributed by atoms with Crippen LogP contribution in [-0.2, 0) is 0 Å². The molecule has 0 unspecified atom stereocenters. The van der Waals surface area contributed by atoms with Crippen LogP contribution in [0.3, 0.4) is 0 Å². The summed E-state index contributed by atoms with van der Waals surface area (Å²) in [5.74, 6) is -0.391. The van der Waals surface area contributed by atoms with Crippen LogP contribution in [-0.4, -0.2) is 39.8 Å². The monoisotopic (exact) mass is 500 g/mol. The fourth-order valence-electron chi connectivity index (χ4n) is 4.55. The van der Waals surface area contributed by atoms with Gasteiger partial charge in [-0.2, -0.15) is 10.2 Å². The van der Waals surface area contributed by atoms with Gasteiger partial charge >= 0.3 is 0 Å². The minimum atomic E-state index is -0.215. The molecule has 0 saturated carbocycles. The van der Waals surface area contributed by atoms with Crippen LogP contribution in [0.1, 0.15) is 43.0 Å². The molecule has 38 heavy (non-hydrogen) atoms. The first-order chi connectivity index (χ1) is 18.3. The summed E-state index contributed by atoms with van der Waals surface area (Å²) in [6.45, 7) is 0. The lowest BCUT2D eigenvalue weighted by atomic mass is 9.83. The summed E-state index contributed by atoms with van der Waals surface area (Å²) in [4.78, 5) is 30.5. The van der Waals surface area contributed by atoms with Crippen LogP contribution in [0, 0.1) is 0 Å². The van der Waals surface area contributed by atoms with Gasteiger partial charge in [-0.25, -0.2) is 0 Å². The van der Waals surface area contributed by atoms with E-state index in [-0.39, 0.29) is 11.6 Å². The molecule has 0 bridgehead atoms. The third-order valence-corrected chi connectivity index (χ3v) is 6.67. The van der Waals surface area contributed by atoms with E-state index in [0.29, 0.717) is 27.9 Å². The number of rotatable bonds is 6. The number of carbonyl (C=O) groups excluding carboxylic acids is 2. The predicted octanol–water partition coefficient (Wildman–Crippen LogP) is 6.77. The van der Waals surface area contributed by atoms with Crippen molar-refractivity contribution in [3.05, 3.63) is 131 Å². The van der Waals surface area contributed by atoms with Crippen LogP contribution >= 0.6 is 0 Å². The molecule has 4 aromatic carbocycles. The second-order valence-electron chi connectivity index (χ2n) is 9.54. The molecule has 0 spiro atoms. The highest BCUT2D eigenvalue weighted by Crippen LogP contribution is 2.34. The van der Waals surface area contributed by atoms with Gasteiger partial charge in [0, 0.05) is 61.8 Å². The van der Waals surface area contributed by atoms with Gasteiger partial charge in [-0.15, -0.1) is 0 Å². The van der Waals surface area contributed by atoms with Gasteiger partial charge < -0.3 is 9.80 Å². The van der Waals surface area contributed by atoms with Crippen molar-refractivity contribution in [3.8, 4) is 0 Å². The molecule has 0 amide bonds. The van der Waals surface area contributed by atoms with E-state index in [1.54, 1.807) is 48.7 Å². The highest BCUT2D eigenvalue weighted by molar-refractivity contribution is 6.29. The maximum atomic E-state index is 13.3. The smallest absolute Gasteiger partial charge is 0.196 e. The second kappa shape index (κ2) is 10.3. The Kier molecular flexibility index (Phi) is 6.71. The van der Waals surface area contributed by atoms with Gasteiger partial charge in [-0.1, -0.05) is 60.7 Å². The van der Waals surface area contributed by atoms with Gasteiger partial charge in [0.25, 0.3) is 0 Å². The van der Waals surface area contributed by atoms with E-state index in [9.17, 15) is 9.59 Å². The Morgan fingerprint density at radius 2 is 1.11 bits per heavy atom. The Balaban J connectivity index is 1.56. The Morgan fingerprint density at radius 1 is 0.605 bits per heavy atom. The minimum absolute atomic E-state index is 0.176. The van der Waals surface area contributed by atoms with E-state index >= 15 is 0 Å². The summed E-state index contributed by atoms with van der Waals surface area (Å²) in [7, 11) is 8.02. The van der Waals surface area contributed by atoms with Crippen molar-refractivity contribution in [2.24, 2.45) is 10.2 Å².